The Morgan fingerprint density at radius 3 is 2.25 bits per heavy atom. The summed E-state index contributed by atoms with van der Waals surface area (Å²) in [5.74, 6) is 0.0375. The predicted molar refractivity (Wildman–Crippen MR) is 76.4 cm³/mol. The monoisotopic (exact) mass is 292 g/mol. The van der Waals surface area contributed by atoms with Gasteiger partial charge in [-0.3, -0.25) is 0 Å². The molecule has 0 saturated heterocycles. The molecule has 0 saturated carbocycles. The van der Waals surface area contributed by atoms with Crippen molar-refractivity contribution in [3.63, 3.8) is 0 Å². The Kier molecular flexibility index (Phi) is 4.01. The summed E-state index contributed by atoms with van der Waals surface area (Å²) in [6.45, 7) is 3.75. The number of anilines is 1. The summed E-state index contributed by atoms with van der Waals surface area (Å²) in [5, 5.41) is 0. The van der Waals surface area contributed by atoms with Gasteiger partial charge in [0.05, 0.1) is 12.4 Å². The zero-order valence-corrected chi connectivity index (χ0v) is 12.1. The van der Waals surface area contributed by atoms with E-state index in [0.29, 0.717) is 0 Å². The van der Waals surface area contributed by atoms with Crippen molar-refractivity contribution in [2.75, 3.05) is 5.73 Å². The maximum Gasteiger partial charge on any atom is 0.244 e. The van der Waals surface area contributed by atoms with Gasteiger partial charge in [0.15, 0.2) is 0 Å². The summed E-state index contributed by atoms with van der Waals surface area (Å²) in [6.07, 6.45) is 2.37. The molecule has 2 aromatic rings. The fraction of sp³-hybridized carbons (Fsp3) is 0.231. The molecule has 20 heavy (non-hydrogen) atoms. The van der Waals surface area contributed by atoms with Crippen LogP contribution in [0.2, 0.25) is 0 Å². The van der Waals surface area contributed by atoms with E-state index >= 15 is 0 Å². The number of aryl methyl sites for hydroxylation is 1. The molecule has 1 unspecified atom stereocenters. The van der Waals surface area contributed by atoms with Crippen molar-refractivity contribution < 1.29 is 8.42 Å². The van der Waals surface area contributed by atoms with Gasteiger partial charge in [-0.25, -0.2) is 23.1 Å². The molecule has 0 fully saturated rings. The normalized spacial score (nSPS) is 13.1. The van der Waals surface area contributed by atoms with Crippen LogP contribution >= 0.6 is 0 Å². The topological polar surface area (TPSA) is 98.0 Å². The number of hydrogen-bond acceptors (Lipinski definition) is 5. The third-order valence-electron chi connectivity index (χ3n) is 2.87. The Bertz CT molecular complexity index is 681. The Balaban J connectivity index is 2.19. The van der Waals surface area contributed by atoms with E-state index < -0.39 is 10.0 Å². The lowest BCUT2D eigenvalue weighted by Gasteiger charge is -2.14. The van der Waals surface area contributed by atoms with Crippen molar-refractivity contribution >= 4 is 16.0 Å². The van der Waals surface area contributed by atoms with E-state index in [1.807, 2.05) is 31.2 Å². The molecule has 0 aliphatic heterocycles. The molecule has 6 nitrogen and oxygen atoms in total. The predicted octanol–water partition coefficient (Wildman–Crippen LogP) is 1.41. The van der Waals surface area contributed by atoms with Crippen molar-refractivity contribution in [2.24, 2.45) is 0 Å². The summed E-state index contributed by atoms with van der Waals surface area (Å²) < 4.78 is 26.9. The largest absolute Gasteiger partial charge is 0.368 e. The summed E-state index contributed by atoms with van der Waals surface area (Å²) in [4.78, 5) is 7.36. The van der Waals surface area contributed by atoms with Gasteiger partial charge in [0.2, 0.25) is 16.0 Å². The molecular formula is C13H16N4O2S. The van der Waals surface area contributed by atoms with Crippen LogP contribution in [0.1, 0.15) is 24.1 Å². The quantitative estimate of drug-likeness (QED) is 0.887. The Hall–Kier alpha value is -1.99. The van der Waals surface area contributed by atoms with Crippen LogP contribution in [0.25, 0.3) is 0 Å². The van der Waals surface area contributed by atoms with Crippen LogP contribution in [0.5, 0.6) is 0 Å². The molecule has 1 aromatic carbocycles. The lowest BCUT2D eigenvalue weighted by molar-refractivity contribution is 0.566. The minimum Gasteiger partial charge on any atom is -0.368 e. The van der Waals surface area contributed by atoms with Gasteiger partial charge >= 0.3 is 0 Å². The average Bonchev–Trinajstić information content (AvgIpc) is 2.39. The maximum atomic E-state index is 12.2. The molecule has 2 rings (SSSR count). The second-order valence-corrected chi connectivity index (χ2v) is 6.24. The first kappa shape index (κ1) is 14.4. The molecule has 1 heterocycles. The molecular weight excluding hydrogens is 276 g/mol. The standard InChI is InChI=1S/C13H16N4O2S/c1-9-3-5-11(6-4-9)10(2)17-20(18,19)12-7-15-13(14)16-8-12/h3-8,10,17H,1-2H3,(H2,14,15,16). The molecule has 0 bridgehead atoms. The molecule has 7 heteroatoms. The minimum absolute atomic E-state index is 0.00865. The second-order valence-electron chi connectivity index (χ2n) is 4.53. The van der Waals surface area contributed by atoms with Crippen molar-refractivity contribution in [3.05, 3.63) is 47.8 Å². The van der Waals surface area contributed by atoms with Crippen LogP contribution in [0, 0.1) is 6.92 Å². The van der Waals surface area contributed by atoms with Crippen LogP contribution in [-0.4, -0.2) is 18.4 Å². The van der Waals surface area contributed by atoms with E-state index in [0.717, 1.165) is 11.1 Å². The highest BCUT2D eigenvalue weighted by molar-refractivity contribution is 7.89. The summed E-state index contributed by atoms with van der Waals surface area (Å²) >= 11 is 0. The molecule has 1 atom stereocenters. The van der Waals surface area contributed by atoms with E-state index in [4.69, 9.17) is 5.73 Å². The third-order valence-corrected chi connectivity index (χ3v) is 4.36. The van der Waals surface area contributed by atoms with Crippen molar-refractivity contribution in [1.29, 1.82) is 0 Å². The lowest BCUT2D eigenvalue weighted by Crippen LogP contribution is -2.27. The Morgan fingerprint density at radius 2 is 1.70 bits per heavy atom. The van der Waals surface area contributed by atoms with Gasteiger partial charge < -0.3 is 5.73 Å². The molecule has 0 aliphatic rings. The molecule has 0 radical (unpaired) electrons. The van der Waals surface area contributed by atoms with E-state index in [2.05, 4.69) is 14.7 Å². The zero-order chi connectivity index (χ0) is 14.8. The van der Waals surface area contributed by atoms with Gasteiger partial charge in [-0.2, -0.15) is 0 Å². The molecule has 0 amide bonds. The van der Waals surface area contributed by atoms with Gasteiger partial charge in [-0.05, 0) is 19.4 Å². The minimum atomic E-state index is -3.67. The van der Waals surface area contributed by atoms with Crippen LogP contribution < -0.4 is 10.5 Å². The van der Waals surface area contributed by atoms with Crippen LogP contribution in [-0.2, 0) is 10.0 Å². The number of sulfonamides is 1. The number of hydrogen-bond donors (Lipinski definition) is 2. The fourth-order valence-corrected chi connectivity index (χ4v) is 2.81. The number of aromatic nitrogens is 2. The van der Waals surface area contributed by atoms with Crippen LogP contribution in [0.3, 0.4) is 0 Å². The van der Waals surface area contributed by atoms with Gasteiger partial charge in [-0.15, -0.1) is 0 Å². The summed E-state index contributed by atoms with van der Waals surface area (Å²) in [7, 11) is -3.67. The van der Waals surface area contributed by atoms with Crippen LogP contribution in [0.4, 0.5) is 5.95 Å². The average molecular weight is 292 g/mol. The Morgan fingerprint density at radius 1 is 1.15 bits per heavy atom. The molecule has 3 N–H and O–H groups in total. The Labute approximate surface area is 118 Å². The molecule has 1 aromatic heterocycles. The smallest absolute Gasteiger partial charge is 0.244 e. The summed E-state index contributed by atoms with van der Waals surface area (Å²) in [5.41, 5.74) is 7.34. The third kappa shape index (κ3) is 3.31. The van der Waals surface area contributed by atoms with E-state index in [1.54, 1.807) is 6.92 Å². The van der Waals surface area contributed by atoms with Crippen molar-refractivity contribution in [3.8, 4) is 0 Å². The highest BCUT2D eigenvalue weighted by Crippen LogP contribution is 2.16. The number of nitrogens with two attached hydrogens (primary N) is 1. The van der Waals surface area contributed by atoms with Gasteiger partial charge in [0.1, 0.15) is 4.90 Å². The fourth-order valence-electron chi connectivity index (χ4n) is 1.69. The number of rotatable bonds is 4. The van der Waals surface area contributed by atoms with E-state index in [-0.39, 0.29) is 16.9 Å². The first-order chi connectivity index (χ1) is 9.38. The molecule has 0 spiro atoms. The maximum absolute atomic E-state index is 12.2. The number of nitrogen functional groups attached to an aromatic ring is 1. The number of nitrogens with one attached hydrogen (secondary N) is 1. The number of nitrogens with zero attached hydrogens (tertiary/aromatic N) is 2. The van der Waals surface area contributed by atoms with Crippen LogP contribution in [0.15, 0.2) is 41.6 Å². The highest BCUT2D eigenvalue weighted by Gasteiger charge is 2.19. The van der Waals surface area contributed by atoms with Gasteiger partial charge in [-0.1, -0.05) is 29.8 Å². The van der Waals surface area contributed by atoms with Gasteiger partial charge in [0.25, 0.3) is 0 Å². The van der Waals surface area contributed by atoms with Crippen molar-refractivity contribution in [1.82, 2.24) is 14.7 Å². The molecule has 0 aliphatic carbocycles. The first-order valence-electron chi connectivity index (χ1n) is 6.05. The number of benzene rings is 1. The molecule has 106 valence electrons. The van der Waals surface area contributed by atoms with E-state index in [9.17, 15) is 8.42 Å². The van der Waals surface area contributed by atoms with Crippen molar-refractivity contribution in [2.45, 2.75) is 24.8 Å². The zero-order valence-electron chi connectivity index (χ0n) is 11.2. The first-order valence-corrected chi connectivity index (χ1v) is 7.53. The van der Waals surface area contributed by atoms with E-state index in [1.165, 1.54) is 12.4 Å². The highest BCUT2D eigenvalue weighted by atomic mass is 32.2. The summed E-state index contributed by atoms with van der Waals surface area (Å²) in [6, 6.07) is 7.31. The lowest BCUT2D eigenvalue weighted by atomic mass is 10.1. The van der Waals surface area contributed by atoms with Gasteiger partial charge in [0, 0.05) is 6.04 Å². The SMILES string of the molecule is Cc1ccc(C(C)NS(=O)(=O)c2cnc(N)nc2)cc1. The second kappa shape index (κ2) is 5.56.